The largest absolute Gasteiger partial charge is 0.354 e. The summed E-state index contributed by atoms with van der Waals surface area (Å²) in [6.07, 6.45) is 0. The van der Waals surface area contributed by atoms with E-state index in [2.05, 4.69) is 151 Å². The van der Waals surface area contributed by atoms with Crippen molar-refractivity contribution in [3.05, 3.63) is 146 Å². The number of benzene rings is 6. The minimum absolute atomic E-state index is 1.15. The minimum Gasteiger partial charge on any atom is -0.354 e. The minimum atomic E-state index is 1.15. The Bertz CT molecular complexity index is 1830. The SMILES string of the molecule is c1ccc(-c2cc3[nH]c4cccc(-c5ccccc5)c4c3c(-c3ccccc3)c2-c2ccccc2)cc1. The second-order valence-corrected chi connectivity index (χ2v) is 9.41. The highest BCUT2D eigenvalue weighted by molar-refractivity contribution is 6.23. The second kappa shape index (κ2) is 8.96. The number of fused-ring (bicyclic) bond motifs is 3. The van der Waals surface area contributed by atoms with Crippen LogP contribution in [0.25, 0.3) is 66.3 Å². The second-order valence-electron chi connectivity index (χ2n) is 9.41. The van der Waals surface area contributed by atoms with Crippen LogP contribution >= 0.6 is 0 Å². The van der Waals surface area contributed by atoms with Gasteiger partial charge in [-0.1, -0.05) is 133 Å². The molecule has 0 aliphatic rings. The highest BCUT2D eigenvalue weighted by Gasteiger charge is 2.22. The van der Waals surface area contributed by atoms with Crippen LogP contribution in [0.1, 0.15) is 0 Å². The van der Waals surface area contributed by atoms with Crippen molar-refractivity contribution in [2.45, 2.75) is 0 Å². The van der Waals surface area contributed by atoms with Gasteiger partial charge in [0.2, 0.25) is 0 Å². The van der Waals surface area contributed by atoms with Crippen molar-refractivity contribution in [3.63, 3.8) is 0 Å². The molecule has 0 unspecified atom stereocenters. The van der Waals surface area contributed by atoms with Gasteiger partial charge in [-0.3, -0.25) is 0 Å². The van der Waals surface area contributed by atoms with Crippen LogP contribution < -0.4 is 0 Å². The molecule has 0 atom stereocenters. The lowest BCUT2D eigenvalue weighted by Crippen LogP contribution is -1.92. The number of hydrogen-bond acceptors (Lipinski definition) is 0. The molecule has 1 aromatic heterocycles. The third kappa shape index (κ3) is 3.64. The van der Waals surface area contributed by atoms with Crippen LogP contribution in [-0.2, 0) is 0 Å². The van der Waals surface area contributed by atoms with Crippen molar-refractivity contribution < 1.29 is 0 Å². The first-order valence-corrected chi connectivity index (χ1v) is 12.7. The first-order valence-electron chi connectivity index (χ1n) is 12.7. The third-order valence-electron chi connectivity index (χ3n) is 7.21. The Morgan fingerprint density at radius 3 is 1.38 bits per heavy atom. The zero-order valence-corrected chi connectivity index (χ0v) is 20.4. The molecule has 1 heteroatoms. The first-order chi connectivity index (χ1) is 18.4. The molecule has 0 spiro atoms. The Kier molecular flexibility index (Phi) is 5.19. The summed E-state index contributed by atoms with van der Waals surface area (Å²) in [4.78, 5) is 3.79. The van der Waals surface area contributed by atoms with Crippen molar-refractivity contribution in [3.8, 4) is 44.5 Å². The molecule has 1 heterocycles. The van der Waals surface area contributed by atoms with E-state index >= 15 is 0 Å². The van der Waals surface area contributed by atoms with Gasteiger partial charge in [0.05, 0.1) is 0 Å². The lowest BCUT2D eigenvalue weighted by molar-refractivity contribution is 1.53. The van der Waals surface area contributed by atoms with Gasteiger partial charge in [-0.05, 0) is 51.1 Å². The molecule has 6 aromatic carbocycles. The van der Waals surface area contributed by atoms with Gasteiger partial charge in [-0.2, -0.15) is 0 Å². The predicted molar refractivity (Wildman–Crippen MR) is 158 cm³/mol. The number of nitrogens with one attached hydrogen (secondary N) is 1. The van der Waals surface area contributed by atoms with E-state index in [9.17, 15) is 0 Å². The van der Waals surface area contributed by atoms with E-state index in [-0.39, 0.29) is 0 Å². The smallest absolute Gasteiger partial charge is 0.0478 e. The molecule has 1 nitrogen and oxygen atoms in total. The monoisotopic (exact) mass is 471 g/mol. The molecule has 174 valence electrons. The number of rotatable bonds is 4. The molecule has 0 fully saturated rings. The molecule has 0 saturated heterocycles. The molecule has 7 aromatic rings. The number of aromatic nitrogens is 1. The predicted octanol–water partition coefficient (Wildman–Crippen LogP) is 9.99. The Morgan fingerprint density at radius 1 is 0.324 bits per heavy atom. The highest BCUT2D eigenvalue weighted by atomic mass is 14.7. The molecule has 7 rings (SSSR count). The molecular formula is C36H25N. The summed E-state index contributed by atoms with van der Waals surface area (Å²) in [6, 6.07) is 52.0. The van der Waals surface area contributed by atoms with Gasteiger partial charge >= 0.3 is 0 Å². The summed E-state index contributed by atoms with van der Waals surface area (Å²) in [6.45, 7) is 0. The summed E-state index contributed by atoms with van der Waals surface area (Å²) in [5.41, 5.74) is 12.2. The van der Waals surface area contributed by atoms with Gasteiger partial charge in [0, 0.05) is 27.4 Å². The fourth-order valence-electron chi connectivity index (χ4n) is 5.61. The third-order valence-corrected chi connectivity index (χ3v) is 7.21. The van der Waals surface area contributed by atoms with Crippen molar-refractivity contribution in [2.75, 3.05) is 0 Å². The maximum Gasteiger partial charge on any atom is 0.0478 e. The summed E-state index contributed by atoms with van der Waals surface area (Å²) < 4.78 is 0. The quantitative estimate of drug-likeness (QED) is 0.263. The molecule has 0 radical (unpaired) electrons. The van der Waals surface area contributed by atoms with Crippen molar-refractivity contribution in [2.24, 2.45) is 0 Å². The zero-order valence-electron chi connectivity index (χ0n) is 20.4. The van der Waals surface area contributed by atoms with Gasteiger partial charge < -0.3 is 4.98 Å². The van der Waals surface area contributed by atoms with Crippen molar-refractivity contribution in [1.29, 1.82) is 0 Å². The molecule has 0 amide bonds. The van der Waals surface area contributed by atoms with Crippen LogP contribution in [0.15, 0.2) is 146 Å². The average Bonchev–Trinajstić information content (AvgIpc) is 3.36. The maximum absolute atomic E-state index is 3.79. The molecule has 0 saturated carbocycles. The van der Waals surface area contributed by atoms with Crippen LogP contribution in [0.4, 0.5) is 0 Å². The van der Waals surface area contributed by atoms with Crippen LogP contribution in [0.5, 0.6) is 0 Å². The lowest BCUT2D eigenvalue weighted by Gasteiger charge is -2.19. The van der Waals surface area contributed by atoms with Crippen molar-refractivity contribution >= 4 is 21.8 Å². The Morgan fingerprint density at radius 2 is 0.811 bits per heavy atom. The van der Waals surface area contributed by atoms with E-state index in [1.54, 1.807) is 0 Å². The molecule has 0 bridgehead atoms. The molecule has 0 aliphatic heterocycles. The molecule has 1 N–H and O–H groups in total. The Balaban J connectivity index is 1.72. The fraction of sp³-hybridized carbons (Fsp3) is 0. The normalized spacial score (nSPS) is 11.2. The van der Waals surface area contributed by atoms with Crippen LogP contribution in [0, 0.1) is 0 Å². The lowest BCUT2D eigenvalue weighted by atomic mass is 9.84. The summed E-state index contributed by atoms with van der Waals surface area (Å²) in [7, 11) is 0. The van der Waals surface area contributed by atoms with E-state index in [4.69, 9.17) is 0 Å². The fourth-order valence-corrected chi connectivity index (χ4v) is 5.61. The van der Waals surface area contributed by atoms with Gasteiger partial charge in [-0.15, -0.1) is 0 Å². The maximum atomic E-state index is 3.79. The van der Waals surface area contributed by atoms with E-state index in [1.165, 1.54) is 55.3 Å². The van der Waals surface area contributed by atoms with E-state index in [0.29, 0.717) is 0 Å². The van der Waals surface area contributed by atoms with Crippen molar-refractivity contribution in [1.82, 2.24) is 4.98 Å². The average molecular weight is 472 g/mol. The standard InChI is InChI=1S/C36H25N/c1-5-14-25(15-6-1)29-22-13-23-31-35(29)36-32(37-31)24-30(26-16-7-2-8-17-26)33(27-18-9-3-10-19-27)34(36)28-20-11-4-12-21-28/h1-24,37H. The molecular weight excluding hydrogens is 446 g/mol. The number of H-pyrrole nitrogens is 1. The first kappa shape index (κ1) is 21.4. The highest BCUT2D eigenvalue weighted by Crippen LogP contribution is 2.48. The van der Waals surface area contributed by atoms with Crippen LogP contribution in [-0.4, -0.2) is 4.98 Å². The Labute approximate surface area is 216 Å². The molecule has 0 aliphatic carbocycles. The summed E-state index contributed by atoms with van der Waals surface area (Å²) >= 11 is 0. The van der Waals surface area contributed by atoms with Gasteiger partial charge in [0.15, 0.2) is 0 Å². The number of hydrogen-bond donors (Lipinski definition) is 1. The van der Waals surface area contributed by atoms with Crippen LogP contribution in [0.3, 0.4) is 0 Å². The topological polar surface area (TPSA) is 15.8 Å². The summed E-state index contributed by atoms with van der Waals surface area (Å²) in [5.74, 6) is 0. The summed E-state index contributed by atoms with van der Waals surface area (Å²) in [5, 5.41) is 2.53. The van der Waals surface area contributed by atoms with E-state index in [0.717, 1.165) is 11.0 Å². The van der Waals surface area contributed by atoms with Gasteiger partial charge in [0.1, 0.15) is 0 Å². The zero-order chi connectivity index (χ0) is 24.6. The Hall–Kier alpha value is -4.88. The van der Waals surface area contributed by atoms with Gasteiger partial charge in [0.25, 0.3) is 0 Å². The number of aromatic amines is 1. The van der Waals surface area contributed by atoms with Crippen LogP contribution in [0.2, 0.25) is 0 Å². The van der Waals surface area contributed by atoms with Gasteiger partial charge in [-0.25, -0.2) is 0 Å². The van der Waals surface area contributed by atoms with E-state index in [1.807, 2.05) is 0 Å². The molecule has 37 heavy (non-hydrogen) atoms. The van der Waals surface area contributed by atoms with E-state index < -0.39 is 0 Å².